The lowest BCUT2D eigenvalue weighted by Crippen LogP contribution is -2.05. The highest BCUT2D eigenvalue weighted by Gasteiger charge is 1.91. The second kappa shape index (κ2) is 4.62. The van der Waals surface area contributed by atoms with Gasteiger partial charge in [0.15, 0.2) is 0 Å². The van der Waals surface area contributed by atoms with Crippen LogP contribution in [-0.4, -0.2) is 30.3 Å². The minimum absolute atomic E-state index is 0.501. The van der Waals surface area contributed by atoms with Crippen molar-refractivity contribution in [2.75, 3.05) is 20.3 Å². The van der Waals surface area contributed by atoms with Gasteiger partial charge < -0.3 is 9.47 Å². The molecule has 0 saturated heterocycles. The molecule has 1 heterocycles. The summed E-state index contributed by atoms with van der Waals surface area (Å²) < 4.78 is 9.92. The Morgan fingerprint density at radius 1 is 1.55 bits per heavy atom. The Balaban J connectivity index is 2.28. The molecule has 0 amide bonds. The molecule has 0 N–H and O–H groups in total. The molecule has 4 nitrogen and oxygen atoms in total. The van der Waals surface area contributed by atoms with Crippen LogP contribution in [0.4, 0.5) is 0 Å². The summed E-state index contributed by atoms with van der Waals surface area (Å²) in [5.74, 6) is 0.525. The molecule has 0 saturated carbocycles. The summed E-state index contributed by atoms with van der Waals surface area (Å²) in [5, 5.41) is 0. The normalized spacial score (nSPS) is 9.55. The van der Waals surface area contributed by atoms with Crippen LogP contribution in [0.15, 0.2) is 12.3 Å². The predicted octanol–water partition coefficient (Wildman–Crippen LogP) is 0.302. The zero-order valence-corrected chi connectivity index (χ0v) is 6.28. The lowest BCUT2D eigenvalue weighted by molar-refractivity contribution is 0.143. The van der Waals surface area contributed by atoms with Gasteiger partial charge in [0.05, 0.1) is 6.61 Å². The fraction of sp³-hybridized carbons (Fsp3) is 0.429. The van der Waals surface area contributed by atoms with Crippen LogP contribution < -0.4 is 4.74 Å². The van der Waals surface area contributed by atoms with E-state index in [1.165, 1.54) is 0 Å². The Labute approximate surface area is 65.2 Å². The molecular weight excluding hydrogens is 144 g/mol. The minimum atomic E-state index is 0.501. The average molecular weight is 153 g/mol. The Kier molecular flexibility index (Phi) is 3.34. The van der Waals surface area contributed by atoms with Gasteiger partial charge in [0.25, 0.3) is 0 Å². The zero-order chi connectivity index (χ0) is 7.94. The second-order valence-corrected chi connectivity index (χ2v) is 1.84. The van der Waals surface area contributed by atoms with Crippen molar-refractivity contribution >= 4 is 0 Å². The lowest BCUT2D eigenvalue weighted by atomic mass is 10.6. The highest BCUT2D eigenvalue weighted by molar-refractivity contribution is 5.03. The van der Waals surface area contributed by atoms with E-state index in [0.29, 0.717) is 19.1 Å². The molecule has 59 valence electrons. The standard InChI is InChI=1S/C7H9N2O2/c1-10-4-5-11-7-2-3-8-6-9-7/h2-3H,4-5H2,1H3. The minimum Gasteiger partial charge on any atom is -0.475 e. The van der Waals surface area contributed by atoms with Gasteiger partial charge >= 0.3 is 0 Å². The van der Waals surface area contributed by atoms with E-state index in [0.717, 1.165) is 0 Å². The molecule has 11 heavy (non-hydrogen) atoms. The number of aromatic nitrogens is 2. The van der Waals surface area contributed by atoms with Gasteiger partial charge in [-0.3, -0.25) is 0 Å². The van der Waals surface area contributed by atoms with Crippen molar-refractivity contribution in [2.45, 2.75) is 0 Å². The van der Waals surface area contributed by atoms with Crippen molar-refractivity contribution in [3.8, 4) is 5.88 Å². The van der Waals surface area contributed by atoms with Crippen molar-refractivity contribution in [3.05, 3.63) is 18.6 Å². The van der Waals surface area contributed by atoms with Gasteiger partial charge in [0.1, 0.15) is 6.61 Å². The molecule has 0 aromatic carbocycles. The average Bonchev–Trinajstić information content (AvgIpc) is 2.07. The van der Waals surface area contributed by atoms with Crippen molar-refractivity contribution in [1.29, 1.82) is 0 Å². The molecule has 1 radical (unpaired) electrons. The molecule has 4 heteroatoms. The molecule has 0 fully saturated rings. The lowest BCUT2D eigenvalue weighted by Gasteiger charge is -2.01. The largest absolute Gasteiger partial charge is 0.475 e. The predicted molar refractivity (Wildman–Crippen MR) is 38.2 cm³/mol. The number of rotatable bonds is 4. The second-order valence-electron chi connectivity index (χ2n) is 1.84. The number of hydrogen-bond acceptors (Lipinski definition) is 4. The highest BCUT2D eigenvalue weighted by Crippen LogP contribution is 1.99. The Bertz CT molecular complexity index is 191. The summed E-state index contributed by atoms with van der Waals surface area (Å²) in [6, 6.07) is 1.67. The van der Waals surface area contributed by atoms with Gasteiger partial charge in [-0.2, -0.15) is 4.98 Å². The van der Waals surface area contributed by atoms with E-state index in [-0.39, 0.29) is 0 Å². The van der Waals surface area contributed by atoms with Gasteiger partial charge in [0.2, 0.25) is 12.2 Å². The quantitative estimate of drug-likeness (QED) is 0.583. The van der Waals surface area contributed by atoms with Gasteiger partial charge in [0, 0.05) is 19.4 Å². The first-order valence-electron chi connectivity index (χ1n) is 3.24. The summed E-state index contributed by atoms with van der Waals surface area (Å²) in [4.78, 5) is 7.36. The van der Waals surface area contributed by atoms with Crippen LogP contribution in [-0.2, 0) is 4.74 Å². The summed E-state index contributed by atoms with van der Waals surface area (Å²) in [7, 11) is 1.62. The van der Waals surface area contributed by atoms with Crippen molar-refractivity contribution in [2.24, 2.45) is 0 Å². The molecule has 0 atom stereocenters. The summed E-state index contributed by atoms with van der Waals surface area (Å²) in [6.07, 6.45) is 4.00. The van der Waals surface area contributed by atoms with E-state index in [4.69, 9.17) is 9.47 Å². The molecule has 0 aliphatic heterocycles. The van der Waals surface area contributed by atoms with E-state index in [2.05, 4.69) is 16.3 Å². The van der Waals surface area contributed by atoms with Crippen molar-refractivity contribution in [3.63, 3.8) is 0 Å². The number of hydrogen-bond donors (Lipinski definition) is 0. The fourth-order valence-electron chi connectivity index (χ4n) is 0.560. The molecule has 0 spiro atoms. The van der Waals surface area contributed by atoms with E-state index < -0.39 is 0 Å². The first-order valence-corrected chi connectivity index (χ1v) is 3.24. The van der Waals surface area contributed by atoms with Crippen molar-refractivity contribution in [1.82, 2.24) is 9.97 Å². The molecule has 0 unspecified atom stereocenters. The number of ether oxygens (including phenoxy) is 2. The Morgan fingerprint density at radius 3 is 3.09 bits per heavy atom. The first-order chi connectivity index (χ1) is 5.43. The molecule has 1 rings (SSSR count). The van der Waals surface area contributed by atoms with Crippen LogP contribution in [0.1, 0.15) is 0 Å². The van der Waals surface area contributed by atoms with Gasteiger partial charge in [-0.15, -0.1) is 0 Å². The fourth-order valence-corrected chi connectivity index (χ4v) is 0.560. The van der Waals surface area contributed by atoms with Crippen LogP contribution in [0.25, 0.3) is 0 Å². The SMILES string of the molecule is COCCOc1ccn[c]n1. The van der Waals surface area contributed by atoms with Crippen LogP contribution in [0.5, 0.6) is 5.88 Å². The van der Waals surface area contributed by atoms with Gasteiger partial charge in [-0.1, -0.05) is 0 Å². The van der Waals surface area contributed by atoms with E-state index in [1.54, 1.807) is 19.4 Å². The maximum absolute atomic E-state index is 5.14. The Hall–Kier alpha value is -1.16. The Morgan fingerprint density at radius 2 is 2.45 bits per heavy atom. The van der Waals surface area contributed by atoms with E-state index in [9.17, 15) is 0 Å². The monoisotopic (exact) mass is 153 g/mol. The molecule has 0 aliphatic carbocycles. The zero-order valence-electron chi connectivity index (χ0n) is 6.28. The summed E-state index contributed by atoms with van der Waals surface area (Å²) in [6.45, 7) is 1.06. The first kappa shape index (κ1) is 7.94. The van der Waals surface area contributed by atoms with Crippen LogP contribution >= 0.6 is 0 Å². The molecule has 1 aromatic rings. The number of nitrogens with zero attached hydrogens (tertiary/aromatic N) is 2. The third-order valence-corrected chi connectivity index (χ3v) is 1.05. The topological polar surface area (TPSA) is 44.2 Å². The van der Waals surface area contributed by atoms with Crippen LogP contribution in [0.3, 0.4) is 0 Å². The summed E-state index contributed by atoms with van der Waals surface area (Å²) >= 11 is 0. The smallest absolute Gasteiger partial charge is 0.217 e. The molecular formula is C7H9N2O2. The maximum atomic E-state index is 5.14. The molecule has 1 aromatic heterocycles. The molecule has 0 aliphatic rings. The summed E-state index contributed by atoms with van der Waals surface area (Å²) in [5.41, 5.74) is 0. The van der Waals surface area contributed by atoms with Gasteiger partial charge in [-0.25, -0.2) is 4.98 Å². The highest BCUT2D eigenvalue weighted by atomic mass is 16.5. The molecule has 0 bridgehead atoms. The van der Waals surface area contributed by atoms with Crippen LogP contribution in [0, 0.1) is 6.33 Å². The maximum Gasteiger partial charge on any atom is 0.217 e. The van der Waals surface area contributed by atoms with Crippen molar-refractivity contribution < 1.29 is 9.47 Å². The number of methoxy groups -OCH3 is 1. The van der Waals surface area contributed by atoms with Crippen LogP contribution in [0.2, 0.25) is 0 Å². The van der Waals surface area contributed by atoms with E-state index in [1.807, 2.05) is 0 Å². The third-order valence-electron chi connectivity index (χ3n) is 1.05. The van der Waals surface area contributed by atoms with Gasteiger partial charge in [-0.05, 0) is 0 Å². The third kappa shape index (κ3) is 2.95. The van der Waals surface area contributed by atoms with E-state index >= 15 is 0 Å².